The minimum absolute atomic E-state index is 0.00835. The topological polar surface area (TPSA) is 92.0 Å². The molecule has 0 spiro atoms. The number of thioether (sulfide) groups is 1. The van der Waals surface area contributed by atoms with E-state index in [9.17, 15) is 4.79 Å². The van der Waals surface area contributed by atoms with Gasteiger partial charge >= 0.3 is 0 Å². The summed E-state index contributed by atoms with van der Waals surface area (Å²) in [6.07, 6.45) is 1.30. The van der Waals surface area contributed by atoms with Crippen LogP contribution in [0.3, 0.4) is 0 Å². The van der Waals surface area contributed by atoms with Crippen molar-refractivity contribution in [3.63, 3.8) is 0 Å². The number of hydrogen-bond acceptors (Lipinski definition) is 5. The van der Waals surface area contributed by atoms with Gasteiger partial charge in [0.25, 0.3) is 5.56 Å². The smallest absolute Gasteiger partial charge is 0.275 e. The third kappa shape index (κ3) is 2.49. The van der Waals surface area contributed by atoms with Crippen LogP contribution in [0.4, 0.5) is 5.69 Å². The van der Waals surface area contributed by atoms with Crippen molar-refractivity contribution in [3.8, 4) is 0 Å². The van der Waals surface area contributed by atoms with E-state index in [0.717, 1.165) is 0 Å². The Kier molecular flexibility index (Phi) is 3.17. The van der Waals surface area contributed by atoms with E-state index in [4.69, 9.17) is 10.8 Å². The van der Waals surface area contributed by atoms with Crippen molar-refractivity contribution in [2.45, 2.75) is 23.6 Å². The van der Waals surface area contributed by atoms with E-state index in [1.54, 1.807) is 0 Å². The summed E-state index contributed by atoms with van der Waals surface area (Å²) < 4.78 is -0.394. The Balaban J connectivity index is 2.98. The maximum absolute atomic E-state index is 11.1. The van der Waals surface area contributed by atoms with E-state index in [2.05, 4.69) is 9.97 Å². The molecule has 0 aromatic carbocycles. The molecule has 0 aliphatic rings. The van der Waals surface area contributed by atoms with Crippen LogP contribution in [0.25, 0.3) is 0 Å². The highest BCUT2D eigenvalue weighted by Gasteiger charge is 2.21. The van der Waals surface area contributed by atoms with Gasteiger partial charge in [-0.15, -0.1) is 0 Å². The third-order valence-corrected chi connectivity index (χ3v) is 2.81. The van der Waals surface area contributed by atoms with Crippen LogP contribution in [0, 0.1) is 0 Å². The van der Waals surface area contributed by atoms with E-state index >= 15 is 0 Å². The van der Waals surface area contributed by atoms with Crippen LogP contribution in [0.1, 0.15) is 13.8 Å². The first kappa shape index (κ1) is 11.1. The second-order valence-corrected chi connectivity index (χ2v) is 5.17. The molecule has 0 saturated heterocycles. The van der Waals surface area contributed by atoms with Gasteiger partial charge < -0.3 is 15.8 Å². The lowest BCUT2D eigenvalue weighted by molar-refractivity contribution is 0.265. The van der Waals surface area contributed by atoms with Gasteiger partial charge in [0, 0.05) is 4.75 Å². The van der Waals surface area contributed by atoms with Crippen molar-refractivity contribution >= 4 is 17.4 Å². The molecule has 14 heavy (non-hydrogen) atoms. The number of anilines is 1. The summed E-state index contributed by atoms with van der Waals surface area (Å²) in [6.45, 7) is 3.69. The van der Waals surface area contributed by atoms with Crippen LogP contribution < -0.4 is 11.3 Å². The van der Waals surface area contributed by atoms with Gasteiger partial charge in [0.05, 0.1) is 12.9 Å². The number of hydrogen-bond donors (Lipinski definition) is 3. The molecule has 5 nitrogen and oxygen atoms in total. The molecule has 6 heteroatoms. The van der Waals surface area contributed by atoms with Crippen molar-refractivity contribution in [2.24, 2.45) is 0 Å². The maximum atomic E-state index is 11.1. The van der Waals surface area contributed by atoms with E-state index in [-0.39, 0.29) is 17.9 Å². The lowest BCUT2D eigenvalue weighted by Gasteiger charge is -2.20. The zero-order chi connectivity index (χ0) is 10.8. The van der Waals surface area contributed by atoms with E-state index in [1.807, 2.05) is 13.8 Å². The van der Waals surface area contributed by atoms with Gasteiger partial charge in [-0.2, -0.15) is 0 Å². The summed E-state index contributed by atoms with van der Waals surface area (Å²) in [5.41, 5.74) is 5.28. The summed E-state index contributed by atoms with van der Waals surface area (Å²) in [7, 11) is 0. The minimum Gasteiger partial charge on any atom is -0.395 e. The van der Waals surface area contributed by atoms with Gasteiger partial charge in [0.15, 0.2) is 0 Å². The van der Waals surface area contributed by atoms with Gasteiger partial charge in [-0.25, -0.2) is 4.98 Å². The zero-order valence-electron chi connectivity index (χ0n) is 8.07. The van der Waals surface area contributed by atoms with Crippen molar-refractivity contribution in [1.82, 2.24) is 9.97 Å². The first-order valence-electron chi connectivity index (χ1n) is 4.09. The highest BCUT2D eigenvalue weighted by molar-refractivity contribution is 8.00. The molecular weight excluding hydrogens is 202 g/mol. The van der Waals surface area contributed by atoms with Gasteiger partial charge in [-0.1, -0.05) is 11.8 Å². The Morgan fingerprint density at radius 1 is 1.71 bits per heavy atom. The van der Waals surface area contributed by atoms with Crippen molar-refractivity contribution in [3.05, 3.63) is 16.7 Å². The molecule has 78 valence electrons. The van der Waals surface area contributed by atoms with Gasteiger partial charge in [0.2, 0.25) is 0 Å². The molecule has 0 aliphatic heterocycles. The molecule has 1 aromatic rings. The molecular formula is C8H13N3O2S. The number of aliphatic hydroxyl groups excluding tert-OH is 1. The van der Waals surface area contributed by atoms with Crippen molar-refractivity contribution in [2.75, 3.05) is 12.3 Å². The largest absolute Gasteiger partial charge is 0.395 e. The average Bonchev–Trinajstić information content (AvgIpc) is 2.13. The maximum Gasteiger partial charge on any atom is 0.275 e. The van der Waals surface area contributed by atoms with E-state index < -0.39 is 4.75 Å². The molecule has 0 radical (unpaired) electrons. The van der Waals surface area contributed by atoms with Crippen LogP contribution in [-0.2, 0) is 0 Å². The molecule has 0 bridgehead atoms. The number of aromatic amines is 1. The van der Waals surface area contributed by atoms with E-state index in [1.165, 1.54) is 18.1 Å². The number of nitrogens with one attached hydrogen (secondary N) is 1. The Hall–Kier alpha value is -1.01. The first-order valence-corrected chi connectivity index (χ1v) is 4.91. The Morgan fingerprint density at radius 3 is 2.93 bits per heavy atom. The number of rotatable bonds is 3. The minimum atomic E-state index is -0.394. The molecule has 4 N–H and O–H groups in total. The van der Waals surface area contributed by atoms with Gasteiger partial charge in [-0.3, -0.25) is 4.79 Å². The van der Waals surface area contributed by atoms with Crippen molar-refractivity contribution < 1.29 is 5.11 Å². The first-order chi connectivity index (χ1) is 6.46. The Bertz CT molecular complexity index is 375. The SMILES string of the molecule is CC(C)(CO)Sc1nc[nH]c(=O)c1N. The summed E-state index contributed by atoms with van der Waals surface area (Å²) in [6, 6.07) is 0. The Morgan fingerprint density at radius 2 is 2.36 bits per heavy atom. The molecule has 0 atom stereocenters. The number of nitrogen functional groups attached to an aromatic ring is 1. The predicted octanol–water partition coefficient (Wildman–Crippen LogP) is 0.215. The summed E-state index contributed by atoms with van der Waals surface area (Å²) >= 11 is 1.28. The van der Waals surface area contributed by atoms with E-state index in [0.29, 0.717) is 5.03 Å². The number of nitrogens with two attached hydrogens (primary N) is 1. The lowest BCUT2D eigenvalue weighted by Crippen LogP contribution is -2.22. The summed E-state index contributed by atoms with van der Waals surface area (Å²) in [5.74, 6) is 0. The quantitative estimate of drug-likeness (QED) is 0.495. The number of aliphatic hydroxyl groups is 1. The van der Waals surface area contributed by atoms with Crippen LogP contribution in [0.5, 0.6) is 0 Å². The lowest BCUT2D eigenvalue weighted by atomic mass is 10.2. The normalized spacial score (nSPS) is 11.6. The standard InChI is InChI=1S/C8H13N3O2S/c1-8(2,3-12)14-7-5(9)6(13)10-4-11-7/h4,12H,3,9H2,1-2H3,(H,10,11,13). The summed E-state index contributed by atoms with van der Waals surface area (Å²) in [5, 5.41) is 9.49. The molecule has 0 aliphatic carbocycles. The number of H-pyrrole nitrogens is 1. The third-order valence-electron chi connectivity index (χ3n) is 1.61. The molecule has 0 saturated carbocycles. The van der Waals surface area contributed by atoms with Crippen LogP contribution >= 0.6 is 11.8 Å². The molecule has 1 rings (SSSR count). The van der Waals surface area contributed by atoms with Crippen LogP contribution in [-0.4, -0.2) is 26.4 Å². The molecule has 0 fully saturated rings. The fourth-order valence-electron chi connectivity index (χ4n) is 0.769. The second-order valence-electron chi connectivity index (χ2n) is 3.47. The molecule has 0 amide bonds. The molecule has 0 unspecified atom stereocenters. The number of nitrogens with zero attached hydrogens (tertiary/aromatic N) is 1. The predicted molar refractivity (Wildman–Crippen MR) is 56.3 cm³/mol. The molecule has 1 heterocycles. The average molecular weight is 215 g/mol. The zero-order valence-corrected chi connectivity index (χ0v) is 8.89. The second kappa shape index (κ2) is 4.02. The number of aromatic nitrogens is 2. The monoisotopic (exact) mass is 215 g/mol. The highest BCUT2D eigenvalue weighted by atomic mass is 32.2. The highest BCUT2D eigenvalue weighted by Crippen LogP contribution is 2.32. The molecule has 1 aromatic heterocycles. The Labute approximate surface area is 85.7 Å². The van der Waals surface area contributed by atoms with Gasteiger partial charge in [0.1, 0.15) is 10.7 Å². The van der Waals surface area contributed by atoms with Crippen molar-refractivity contribution in [1.29, 1.82) is 0 Å². The fourth-order valence-corrected chi connectivity index (χ4v) is 1.67. The fraction of sp³-hybridized carbons (Fsp3) is 0.500. The van der Waals surface area contributed by atoms with Crippen LogP contribution in [0.15, 0.2) is 16.1 Å². The summed E-state index contributed by atoms with van der Waals surface area (Å²) in [4.78, 5) is 17.4. The van der Waals surface area contributed by atoms with Gasteiger partial charge in [-0.05, 0) is 13.8 Å². The van der Waals surface area contributed by atoms with Crippen LogP contribution in [0.2, 0.25) is 0 Å².